The number of hydrogen-bond acceptors (Lipinski definition) is 7. The minimum atomic E-state index is -3.69. The molecular formula is C19H19N3O5S2. The zero-order valence-corrected chi connectivity index (χ0v) is 17.3. The van der Waals surface area contributed by atoms with Gasteiger partial charge in [0.15, 0.2) is 6.61 Å². The summed E-state index contributed by atoms with van der Waals surface area (Å²) in [5, 5.41) is 2.65. The molecule has 0 saturated heterocycles. The van der Waals surface area contributed by atoms with E-state index in [0.717, 1.165) is 4.90 Å². The monoisotopic (exact) mass is 433 g/mol. The van der Waals surface area contributed by atoms with Gasteiger partial charge in [-0.3, -0.25) is 14.5 Å². The summed E-state index contributed by atoms with van der Waals surface area (Å²) in [4.78, 5) is 29.4. The first-order valence-electron chi connectivity index (χ1n) is 8.61. The number of anilines is 1. The normalized spacial score (nSPS) is 16.6. The lowest BCUT2D eigenvalue weighted by Crippen LogP contribution is -2.28. The lowest BCUT2D eigenvalue weighted by molar-refractivity contribution is -0.148. The number of rotatable bonds is 6. The van der Waals surface area contributed by atoms with E-state index in [1.807, 2.05) is 24.5 Å². The van der Waals surface area contributed by atoms with Crippen LogP contribution in [0.4, 0.5) is 5.69 Å². The lowest BCUT2D eigenvalue weighted by Gasteiger charge is -2.10. The third-order valence-corrected chi connectivity index (χ3v) is 6.15. The molecule has 0 aliphatic carbocycles. The molecule has 3 rings (SSSR count). The third-order valence-electron chi connectivity index (χ3n) is 4.03. The van der Waals surface area contributed by atoms with Crippen molar-refractivity contribution in [1.29, 1.82) is 0 Å². The van der Waals surface area contributed by atoms with Crippen molar-refractivity contribution in [3.8, 4) is 0 Å². The van der Waals surface area contributed by atoms with Gasteiger partial charge in [0.25, 0.3) is 15.9 Å². The Morgan fingerprint density at radius 3 is 2.72 bits per heavy atom. The maximum Gasteiger partial charge on any atom is 0.331 e. The standard InChI is InChI=1S/C19H19N3O5S2/c1-12(20-18-15-8-3-4-9-16(15)29(25,26)22-18)19(24)27-11-17(23)21-13-6-5-7-14(10-13)28-2/h3-10,12H,11H2,1-2H3,(H,20,22)(H,21,23)/t12-/m0/s1. The van der Waals surface area contributed by atoms with E-state index < -0.39 is 34.5 Å². The number of ether oxygens (including phenoxy) is 1. The molecule has 152 valence electrons. The third kappa shape index (κ3) is 4.96. The summed E-state index contributed by atoms with van der Waals surface area (Å²) in [5.41, 5.74) is 0.988. The zero-order chi connectivity index (χ0) is 21.0. The van der Waals surface area contributed by atoms with E-state index in [2.05, 4.69) is 15.0 Å². The molecule has 8 nitrogen and oxygen atoms in total. The molecule has 0 fully saturated rings. The van der Waals surface area contributed by atoms with Gasteiger partial charge < -0.3 is 10.1 Å². The number of nitrogens with zero attached hydrogens (tertiary/aromatic N) is 1. The van der Waals surface area contributed by atoms with Crippen molar-refractivity contribution in [2.24, 2.45) is 4.99 Å². The minimum Gasteiger partial charge on any atom is -0.454 e. The predicted molar refractivity (Wildman–Crippen MR) is 111 cm³/mol. The maximum absolute atomic E-state index is 12.2. The number of nitrogens with one attached hydrogen (secondary N) is 2. The number of carbonyl (C=O) groups excluding carboxylic acids is 2. The van der Waals surface area contributed by atoms with Gasteiger partial charge in [0.1, 0.15) is 11.9 Å². The Labute approximate surface area is 172 Å². The van der Waals surface area contributed by atoms with Crippen LogP contribution >= 0.6 is 11.8 Å². The Balaban J connectivity index is 1.60. The number of sulfonamides is 1. The van der Waals surface area contributed by atoms with Crippen LogP contribution in [-0.4, -0.2) is 45.0 Å². The number of esters is 1. The number of fused-ring (bicyclic) bond motifs is 1. The Hall–Kier alpha value is -2.85. The van der Waals surface area contributed by atoms with E-state index in [1.165, 1.54) is 13.0 Å². The molecule has 0 saturated carbocycles. The quantitative estimate of drug-likeness (QED) is 0.532. The van der Waals surface area contributed by atoms with Crippen molar-refractivity contribution in [2.75, 3.05) is 18.2 Å². The zero-order valence-electron chi connectivity index (χ0n) is 15.7. The van der Waals surface area contributed by atoms with Crippen LogP contribution in [0.1, 0.15) is 12.5 Å². The van der Waals surface area contributed by atoms with E-state index in [9.17, 15) is 18.0 Å². The molecule has 1 aliphatic heterocycles. The van der Waals surface area contributed by atoms with E-state index in [1.54, 1.807) is 36.0 Å². The van der Waals surface area contributed by atoms with E-state index >= 15 is 0 Å². The molecule has 1 aliphatic rings. The molecule has 0 radical (unpaired) electrons. The van der Waals surface area contributed by atoms with Gasteiger partial charge in [-0.05, 0) is 43.5 Å². The van der Waals surface area contributed by atoms with Crippen molar-refractivity contribution in [3.63, 3.8) is 0 Å². The first-order chi connectivity index (χ1) is 13.8. The molecular weight excluding hydrogens is 414 g/mol. The van der Waals surface area contributed by atoms with Crippen LogP contribution in [0.15, 0.2) is 63.3 Å². The molecule has 0 unspecified atom stereocenters. The Bertz CT molecular complexity index is 1080. The van der Waals surface area contributed by atoms with Crippen LogP contribution in [0.25, 0.3) is 0 Å². The van der Waals surface area contributed by atoms with Crippen LogP contribution in [0.5, 0.6) is 0 Å². The number of amidine groups is 1. The van der Waals surface area contributed by atoms with E-state index in [-0.39, 0.29) is 10.7 Å². The van der Waals surface area contributed by atoms with Gasteiger partial charge in [0.2, 0.25) is 0 Å². The summed E-state index contributed by atoms with van der Waals surface area (Å²) in [6, 6.07) is 12.6. The van der Waals surface area contributed by atoms with Crippen LogP contribution in [0.2, 0.25) is 0 Å². The Kier molecular flexibility index (Phi) is 6.23. The highest BCUT2D eigenvalue weighted by molar-refractivity contribution is 7.98. The number of thioether (sulfide) groups is 1. The second-order valence-corrected chi connectivity index (χ2v) is 8.67. The van der Waals surface area contributed by atoms with Gasteiger partial charge >= 0.3 is 5.97 Å². The Morgan fingerprint density at radius 1 is 1.21 bits per heavy atom. The number of hydrogen-bond donors (Lipinski definition) is 2. The van der Waals surface area contributed by atoms with Gasteiger partial charge in [-0.15, -0.1) is 11.8 Å². The van der Waals surface area contributed by atoms with Gasteiger partial charge in [-0.1, -0.05) is 18.2 Å². The highest BCUT2D eigenvalue weighted by Gasteiger charge is 2.31. The van der Waals surface area contributed by atoms with Gasteiger partial charge in [0.05, 0.1) is 4.90 Å². The maximum atomic E-state index is 12.2. The summed E-state index contributed by atoms with van der Waals surface area (Å²) in [6.45, 7) is 0.990. The summed E-state index contributed by atoms with van der Waals surface area (Å²) in [6.07, 6.45) is 1.93. The SMILES string of the molecule is CSc1cccc(NC(=O)COC(=O)[C@H](C)N=C2NS(=O)(=O)c3ccccc32)c1. The number of carbonyl (C=O) groups is 2. The molecule has 0 spiro atoms. The predicted octanol–water partition coefficient (Wildman–Crippen LogP) is 2.02. The van der Waals surface area contributed by atoms with E-state index in [0.29, 0.717) is 11.3 Å². The first-order valence-corrected chi connectivity index (χ1v) is 11.3. The molecule has 0 aromatic heterocycles. The molecule has 2 aromatic rings. The molecule has 29 heavy (non-hydrogen) atoms. The highest BCUT2D eigenvalue weighted by Crippen LogP contribution is 2.22. The molecule has 2 aromatic carbocycles. The van der Waals surface area contributed by atoms with Gasteiger partial charge in [-0.25, -0.2) is 13.2 Å². The van der Waals surface area contributed by atoms with Crippen molar-refractivity contribution >= 4 is 45.2 Å². The largest absolute Gasteiger partial charge is 0.454 e. The molecule has 1 heterocycles. The fourth-order valence-electron chi connectivity index (χ4n) is 2.63. The molecule has 0 bridgehead atoms. The number of aliphatic imine (C=N–C) groups is 1. The average Bonchev–Trinajstić information content (AvgIpc) is 2.96. The van der Waals surface area contributed by atoms with Crippen molar-refractivity contribution in [2.45, 2.75) is 22.8 Å². The smallest absolute Gasteiger partial charge is 0.331 e. The van der Waals surface area contributed by atoms with Crippen molar-refractivity contribution in [3.05, 3.63) is 54.1 Å². The van der Waals surface area contributed by atoms with Gasteiger partial charge in [-0.2, -0.15) is 0 Å². The second kappa shape index (κ2) is 8.66. The van der Waals surface area contributed by atoms with Crippen molar-refractivity contribution in [1.82, 2.24) is 4.72 Å². The Morgan fingerprint density at radius 2 is 1.97 bits per heavy atom. The fraction of sp³-hybridized carbons (Fsp3) is 0.211. The molecule has 1 atom stereocenters. The first kappa shape index (κ1) is 20.9. The minimum absolute atomic E-state index is 0.0726. The van der Waals surface area contributed by atoms with E-state index in [4.69, 9.17) is 4.74 Å². The summed E-state index contributed by atoms with van der Waals surface area (Å²) in [5.74, 6) is -1.15. The van der Waals surface area contributed by atoms with Crippen LogP contribution in [0.3, 0.4) is 0 Å². The second-order valence-electron chi connectivity index (χ2n) is 6.14. The number of benzene rings is 2. The number of amides is 1. The highest BCUT2D eigenvalue weighted by atomic mass is 32.2. The van der Waals surface area contributed by atoms with Crippen LogP contribution in [-0.2, 0) is 24.3 Å². The van der Waals surface area contributed by atoms with Gasteiger partial charge in [0, 0.05) is 16.1 Å². The molecule has 10 heteroatoms. The molecule has 1 amide bonds. The topological polar surface area (TPSA) is 114 Å². The van der Waals surface area contributed by atoms with Crippen LogP contribution < -0.4 is 10.0 Å². The van der Waals surface area contributed by atoms with Crippen molar-refractivity contribution < 1.29 is 22.7 Å². The molecule has 2 N–H and O–H groups in total. The summed E-state index contributed by atoms with van der Waals surface area (Å²) < 4.78 is 31.5. The average molecular weight is 434 g/mol. The lowest BCUT2D eigenvalue weighted by atomic mass is 10.2. The summed E-state index contributed by atoms with van der Waals surface area (Å²) in [7, 11) is -3.69. The summed E-state index contributed by atoms with van der Waals surface area (Å²) >= 11 is 1.54. The fourth-order valence-corrected chi connectivity index (χ4v) is 4.33. The van der Waals surface area contributed by atoms with Crippen LogP contribution in [0, 0.1) is 0 Å².